The summed E-state index contributed by atoms with van der Waals surface area (Å²) in [6, 6.07) is 3.06. The van der Waals surface area contributed by atoms with Crippen molar-refractivity contribution in [2.24, 2.45) is 0 Å². The van der Waals surface area contributed by atoms with Gasteiger partial charge in [-0.3, -0.25) is 4.79 Å². The first-order valence-electron chi connectivity index (χ1n) is 5.79. The molecule has 7 heteroatoms. The third-order valence-electron chi connectivity index (χ3n) is 2.90. The highest BCUT2D eigenvalue weighted by atomic mass is 35.5. The lowest BCUT2D eigenvalue weighted by atomic mass is 10.2. The number of benzene rings is 1. The number of nitrogen functional groups attached to an aromatic ring is 1. The predicted molar refractivity (Wildman–Crippen MR) is 83.5 cm³/mol. The summed E-state index contributed by atoms with van der Waals surface area (Å²) in [5.41, 5.74) is 9.06. The van der Waals surface area contributed by atoms with Crippen molar-refractivity contribution in [3.8, 4) is 0 Å². The Morgan fingerprint density at radius 3 is 2.50 bits per heavy atom. The zero-order chi connectivity index (χ0) is 14.9. The van der Waals surface area contributed by atoms with Gasteiger partial charge in [0.1, 0.15) is 0 Å². The van der Waals surface area contributed by atoms with Gasteiger partial charge in [-0.2, -0.15) is 0 Å². The third-order valence-corrected chi connectivity index (χ3v) is 4.44. The van der Waals surface area contributed by atoms with Gasteiger partial charge in [-0.25, -0.2) is 4.98 Å². The van der Waals surface area contributed by atoms with Gasteiger partial charge in [0, 0.05) is 17.5 Å². The lowest BCUT2D eigenvalue weighted by Crippen LogP contribution is -2.26. The number of anilines is 1. The van der Waals surface area contributed by atoms with E-state index in [0.717, 1.165) is 10.6 Å². The number of hydrogen-bond donors (Lipinski definition) is 1. The highest BCUT2D eigenvalue weighted by Gasteiger charge is 2.16. The molecular formula is C13H13Cl2N3OS. The van der Waals surface area contributed by atoms with Crippen LogP contribution in [0.5, 0.6) is 0 Å². The molecule has 1 amide bonds. The third kappa shape index (κ3) is 3.06. The molecule has 0 saturated carbocycles. The van der Waals surface area contributed by atoms with Crippen LogP contribution in [0.15, 0.2) is 17.6 Å². The first kappa shape index (κ1) is 15.1. The highest BCUT2D eigenvalue weighted by molar-refractivity contribution is 7.09. The van der Waals surface area contributed by atoms with Crippen LogP contribution in [-0.2, 0) is 6.54 Å². The van der Waals surface area contributed by atoms with Crippen molar-refractivity contribution in [2.45, 2.75) is 13.5 Å². The van der Waals surface area contributed by atoms with Crippen LogP contribution in [0, 0.1) is 6.92 Å². The number of carbonyl (C=O) groups excluding carboxylic acids is 1. The van der Waals surface area contributed by atoms with E-state index in [1.807, 2.05) is 6.92 Å². The molecule has 0 unspecified atom stereocenters. The van der Waals surface area contributed by atoms with Crippen LogP contribution in [0.2, 0.25) is 10.0 Å². The number of hydrogen-bond acceptors (Lipinski definition) is 4. The van der Waals surface area contributed by atoms with E-state index in [9.17, 15) is 4.79 Å². The van der Waals surface area contributed by atoms with Gasteiger partial charge >= 0.3 is 0 Å². The van der Waals surface area contributed by atoms with E-state index in [2.05, 4.69) is 4.98 Å². The Morgan fingerprint density at radius 2 is 2.00 bits per heavy atom. The Bertz CT molecular complexity index is 634. The average molecular weight is 330 g/mol. The van der Waals surface area contributed by atoms with E-state index in [0.29, 0.717) is 12.1 Å². The summed E-state index contributed by atoms with van der Waals surface area (Å²) in [5.74, 6) is -0.165. The molecule has 0 atom stereocenters. The van der Waals surface area contributed by atoms with Gasteiger partial charge in [0.25, 0.3) is 5.91 Å². The molecule has 2 rings (SSSR count). The molecule has 20 heavy (non-hydrogen) atoms. The van der Waals surface area contributed by atoms with Gasteiger partial charge in [-0.15, -0.1) is 11.3 Å². The molecule has 0 fully saturated rings. The zero-order valence-electron chi connectivity index (χ0n) is 11.0. The Morgan fingerprint density at radius 1 is 1.40 bits per heavy atom. The number of aryl methyl sites for hydroxylation is 1. The van der Waals surface area contributed by atoms with Crippen molar-refractivity contribution in [1.82, 2.24) is 9.88 Å². The van der Waals surface area contributed by atoms with Gasteiger partial charge in [0.15, 0.2) is 0 Å². The molecule has 2 N–H and O–H groups in total. The summed E-state index contributed by atoms with van der Waals surface area (Å²) in [4.78, 5) is 19.2. The van der Waals surface area contributed by atoms with Crippen molar-refractivity contribution < 1.29 is 4.79 Å². The molecule has 0 bridgehead atoms. The first-order chi connectivity index (χ1) is 9.40. The zero-order valence-corrected chi connectivity index (χ0v) is 13.3. The Kier molecular flexibility index (Phi) is 4.52. The average Bonchev–Trinajstić information content (AvgIpc) is 2.80. The molecular weight excluding hydrogens is 317 g/mol. The summed E-state index contributed by atoms with van der Waals surface area (Å²) < 4.78 is 0. The van der Waals surface area contributed by atoms with Gasteiger partial charge in [0.2, 0.25) is 0 Å². The SMILES string of the molecule is Cc1ncsc1CN(C)C(=O)c1cc(Cl)c(N)c(Cl)c1. The summed E-state index contributed by atoms with van der Waals surface area (Å²) in [6.07, 6.45) is 0. The minimum Gasteiger partial charge on any atom is -0.396 e. The Labute approximate surface area is 131 Å². The molecule has 0 aliphatic carbocycles. The molecule has 106 valence electrons. The van der Waals surface area contributed by atoms with Crippen LogP contribution in [0.4, 0.5) is 5.69 Å². The summed E-state index contributed by atoms with van der Waals surface area (Å²) in [5, 5.41) is 0.562. The second-order valence-electron chi connectivity index (χ2n) is 4.38. The van der Waals surface area contributed by atoms with Gasteiger partial charge in [0.05, 0.1) is 33.5 Å². The number of nitrogens with zero attached hydrogens (tertiary/aromatic N) is 2. The minimum absolute atomic E-state index is 0.165. The molecule has 0 saturated heterocycles. The van der Waals surface area contributed by atoms with Crippen LogP contribution in [-0.4, -0.2) is 22.8 Å². The van der Waals surface area contributed by atoms with E-state index < -0.39 is 0 Å². The molecule has 1 heterocycles. The van der Waals surface area contributed by atoms with E-state index in [4.69, 9.17) is 28.9 Å². The number of carbonyl (C=O) groups is 1. The van der Waals surface area contributed by atoms with Crippen LogP contribution in [0.3, 0.4) is 0 Å². The lowest BCUT2D eigenvalue weighted by Gasteiger charge is -2.17. The van der Waals surface area contributed by atoms with Gasteiger partial charge < -0.3 is 10.6 Å². The maximum atomic E-state index is 12.3. The first-order valence-corrected chi connectivity index (χ1v) is 7.42. The standard InChI is InChI=1S/C13H13Cl2N3OS/c1-7-11(20-6-17-7)5-18(2)13(19)8-3-9(14)12(16)10(15)4-8/h3-4,6H,5,16H2,1-2H3. The molecule has 1 aromatic carbocycles. The van der Waals surface area contributed by atoms with Crippen LogP contribution in [0.25, 0.3) is 0 Å². The molecule has 4 nitrogen and oxygen atoms in total. The predicted octanol–water partition coefficient (Wildman–Crippen LogP) is 3.61. The number of amides is 1. The summed E-state index contributed by atoms with van der Waals surface area (Å²) in [7, 11) is 1.72. The van der Waals surface area contributed by atoms with Gasteiger partial charge in [-0.05, 0) is 19.1 Å². The maximum Gasteiger partial charge on any atom is 0.254 e. The molecule has 2 aromatic rings. The maximum absolute atomic E-state index is 12.3. The Balaban J connectivity index is 2.21. The second kappa shape index (κ2) is 5.99. The number of rotatable bonds is 3. The van der Waals surface area contributed by atoms with E-state index >= 15 is 0 Å². The fourth-order valence-corrected chi connectivity index (χ4v) is 3.01. The topological polar surface area (TPSA) is 59.2 Å². The molecule has 0 aliphatic heterocycles. The van der Waals surface area contributed by atoms with Gasteiger partial charge in [-0.1, -0.05) is 23.2 Å². The highest BCUT2D eigenvalue weighted by Crippen LogP contribution is 2.29. The van der Waals surface area contributed by atoms with Crippen LogP contribution >= 0.6 is 34.5 Å². The number of thiazole rings is 1. The monoisotopic (exact) mass is 329 g/mol. The Hall–Kier alpha value is -1.30. The van der Waals surface area contributed by atoms with Crippen molar-refractivity contribution in [1.29, 1.82) is 0 Å². The van der Waals surface area contributed by atoms with E-state index in [1.165, 1.54) is 23.5 Å². The largest absolute Gasteiger partial charge is 0.396 e. The quantitative estimate of drug-likeness (QED) is 0.875. The van der Waals surface area contributed by atoms with Crippen molar-refractivity contribution in [3.05, 3.63) is 43.8 Å². The molecule has 0 spiro atoms. The van der Waals surface area contributed by atoms with E-state index in [1.54, 1.807) is 17.5 Å². The van der Waals surface area contributed by atoms with E-state index in [-0.39, 0.29) is 21.6 Å². The molecule has 1 aromatic heterocycles. The van der Waals surface area contributed by atoms with Crippen LogP contribution in [0.1, 0.15) is 20.9 Å². The fourth-order valence-electron chi connectivity index (χ4n) is 1.69. The summed E-state index contributed by atoms with van der Waals surface area (Å²) >= 11 is 13.4. The number of halogens is 2. The summed E-state index contributed by atoms with van der Waals surface area (Å²) in [6.45, 7) is 2.41. The van der Waals surface area contributed by atoms with Crippen molar-refractivity contribution >= 4 is 46.1 Å². The second-order valence-corrected chi connectivity index (χ2v) is 6.13. The van der Waals surface area contributed by atoms with Crippen LogP contribution < -0.4 is 5.73 Å². The van der Waals surface area contributed by atoms with Crippen molar-refractivity contribution in [3.63, 3.8) is 0 Å². The number of aromatic nitrogens is 1. The fraction of sp³-hybridized carbons (Fsp3) is 0.231. The lowest BCUT2D eigenvalue weighted by molar-refractivity contribution is 0.0786. The number of nitrogens with two attached hydrogens (primary N) is 1. The molecule has 0 aliphatic rings. The minimum atomic E-state index is -0.165. The molecule has 0 radical (unpaired) electrons. The van der Waals surface area contributed by atoms with Crippen molar-refractivity contribution in [2.75, 3.05) is 12.8 Å². The smallest absolute Gasteiger partial charge is 0.254 e. The normalized spacial score (nSPS) is 10.6.